The number of carbonyl (C=O) groups is 1. The van der Waals surface area contributed by atoms with Crippen LogP contribution in [0.4, 0.5) is 0 Å². The van der Waals surface area contributed by atoms with Crippen LogP contribution in [0.25, 0.3) is 0 Å². The fourth-order valence-electron chi connectivity index (χ4n) is 2.41. The van der Waals surface area contributed by atoms with E-state index < -0.39 is 5.97 Å². The van der Waals surface area contributed by atoms with Gasteiger partial charge in [0.15, 0.2) is 0 Å². The molecule has 0 unspecified atom stereocenters. The molecule has 0 spiro atoms. The maximum atomic E-state index is 10.8. The molecule has 2 rings (SSSR count). The first-order valence-electron chi connectivity index (χ1n) is 6.57. The highest BCUT2D eigenvalue weighted by Crippen LogP contribution is 2.33. The molecule has 0 aliphatic carbocycles. The SMILES string of the molecule is O=C(O)CC[C@@H]1CNCCO[C@H]1c1ccc(Cl)c(Cl)c1. The van der Waals surface area contributed by atoms with Gasteiger partial charge in [0.2, 0.25) is 0 Å². The van der Waals surface area contributed by atoms with Crippen LogP contribution in [0, 0.1) is 5.92 Å². The molecule has 1 aliphatic heterocycles. The Labute approximate surface area is 128 Å². The highest BCUT2D eigenvalue weighted by atomic mass is 35.5. The maximum Gasteiger partial charge on any atom is 0.303 e. The molecule has 6 heteroatoms. The van der Waals surface area contributed by atoms with E-state index in [2.05, 4.69) is 5.32 Å². The predicted octanol–water partition coefficient (Wildman–Crippen LogP) is 3.14. The third-order valence-electron chi connectivity index (χ3n) is 3.41. The third kappa shape index (κ3) is 4.09. The lowest BCUT2D eigenvalue weighted by molar-refractivity contribution is -0.137. The molecule has 2 atom stereocenters. The number of benzene rings is 1. The van der Waals surface area contributed by atoms with Crippen molar-refractivity contribution >= 4 is 29.2 Å². The second-order valence-electron chi connectivity index (χ2n) is 4.86. The molecule has 1 saturated heterocycles. The number of hydrogen-bond acceptors (Lipinski definition) is 3. The number of rotatable bonds is 4. The van der Waals surface area contributed by atoms with E-state index in [1.807, 2.05) is 6.07 Å². The van der Waals surface area contributed by atoms with Gasteiger partial charge in [0.05, 0.1) is 22.8 Å². The van der Waals surface area contributed by atoms with Crippen molar-refractivity contribution in [1.29, 1.82) is 0 Å². The summed E-state index contributed by atoms with van der Waals surface area (Å²) in [6.07, 6.45) is 0.542. The molecular formula is C14H17Cl2NO3. The minimum atomic E-state index is -0.790. The fourth-order valence-corrected chi connectivity index (χ4v) is 2.72. The van der Waals surface area contributed by atoms with E-state index in [9.17, 15) is 4.79 Å². The number of halogens is 2. The summed E-state index contributed by atoms with van der Waals surface area (Å²) >= 11 is 12.0. The zero-order valence-electron chi connectivity index (χ0n) is 10.9. The monoisotopic (exact) mass is 317 g/mol. The summed E-state index contributed by atoms with van der Waals surface area (Å²) in [7, 11) is 0. The van der Waals surface area contributed by atoms with Gasteiger partial charge in [0.25, 0.3) is 0 Å². The first-order chi connectivity index (χ1) is 9.58. The van der Waals surface area contributed by atoms with Crippen LogP contribution < -0.4 is 5.32 Å². The number of carboxylic acid groups (broad SMARTS) is 1. The van der Waals surface area contributed by atoms with Gasteiger partial charge >= 0.3 is 5.97 Å². The molecule has 110 valence electrons. The molecule has 0 bridgehead atoms. The molecule has 0 radical (unpaired) electrons. The molecule has 20 heavy (non-hydrogen) atoms. The van der Waals surface area contributed by atoms with Gasteiger partial charge in [0, 0.05) is 25.4 Å². The lowest BCUT2D eigenvalue weighted by Crippen LogP contribution is -2.25. The second-order valence-corrected chi connectivity index (χ2v) is 5.68. The predicted molar refractivity (Wildman–Crippen MR) is 78.4 cm³/mol. The number of ether oxygens (including phenoxy) is 1. The van der Waals surface area contributed by atoms with E-state index in [4.69, 9.17) is 33.0 Å². The Morgan fingerprint density at radius 3 is 2.90 bits per heavy atom. The van der Waals surface area contributed by atoms with Crippen LogP contribution in [0.2, 0.25) is 10.0 Å². The fraction of sp³-hybridized carbons (Fsp3) is 0.500. The summed E-state index contributed by atoms with van der Waals surface area (Å²) in [5, 5.41) is 13.1. The molecule has 0 amide bonds. The number of carboxylic acids is 1. The summed E-state index contributed by atoms with van der Waals surface area (Å²) in [4.78, 5) is 10.8. The van der Waals surface area contributed by atoms with Crippen molar-refractivity contribution in [2.75, 3.05) is 19.7 Å². The minimum absolute atomic E-state index is 0.103. The zero-order valence-corrected chi connectivity index (χ0v) is 12.5. The van der Waals surface area contributed by atoms with Crippen molar-refractivity contribution in [3.05, 3.63) is 33.8 Å². The standard InChI is InChI=1S/C14H17Cl2NO3/c15-11-3-1-9(7-12(11)16)14-10(2-4-13(18)19)8-17-5-6-20-14/h1,3,7,10,14,17H,2,4-6,8H2,(H,18,19)/t10-,14+/m1/s1. The zero-order chi connectivity index (χ0) is 14.5. The van der Waals surface area contributed by atoms with E-state index >= 15 is 0 Å². The van der Waals surface area contributed by atoms with Crippen LogP contribution in [-0.2, 0) is 9.53 Å². The Balaban J connectivity index is 2.18. The van der Waals surface area contributed by atoms with Gasteiger partial charge < -0.3 is 15.2 Å². The van der Waals surface area contributed by atoms with Gasteiger partial charge in [0.1, 0.15) is 0 Å². The Hall–Kier alpha value is -0.810. The van der Waals surface area contributed by atoms with Gasteiger partial charge in [-0.15, -0.1) is 0 Å². The van der Waals surface area contributed by atoms with Crippen molar-refractivity contribution in [3.8, 4) is 0 Å². The van der Waals surface area contributed by atoms with E-state index in [1.165, 1.54) is 0 Å². The van der Waals surface area contributed by atoms with Crippen LogP contribution in [-0.4, -0.2) is 30.8 Å². The first-order valence-corrected chi connectivity index (χ1v) is 7.32. The number of hydrogen-bond donors (Lipinski definition) is 2. The topological polar surface area (TPSA) is 58.6 Å². The molecule has 0 saturated carbocycles. The average molecular weight is 318 g/mol. The quantitative estimate of drug-likeness (QED) is 0.895. The lowest BCUT2D eigenvalue weighted by Gasteiger charge is -2.25. The van der Waals surface area contributed by atoms with E-state index in [-0.39, 0.29) is 18.4 Å². The van der Waals surface area contributed by atoms with Gasteiger partial charge in [-0.3, -0.25) is 4.79 Å². The van der Waals surface area contributed by atoms with Crippen LogP contribution in [0.15, 0.2) is 18.2 Å². The van der Waals surface area contributed by atoms with Crippen molar-refractivity contribution < 1.29 is 14.6 Å². The van der Waals surface area contributed by atoms with Crippen molar-refractivity contribution in [2.45, 2.75) is 18.9 Å². The van der Waals surface area contributed by atoms with Crippen LogP contribution in [0.3, 0.4) is 0 Å². The summed E-state index contributed by atoms with van der Waals surface area (Å²) < 4.78 is 5.87. The molecule has 4 nitrogen and oxygen atoms in total. The van der Waals surface area contributed by atoms with E-state index in [1.54, 1.807) is 12.1 Å². The highest BCUT2D eigenvalue weighted by Gasteiger charge is 2.27. The van der Waals surface area contributed by atoms with Crippen LogP contribution in [0.1, 0.15) is 24.5 Å². The van der Waals surface area contributed by atoms with Gasteiger partial charge in [-0.05, 0) is 24.1 Å². The Morgan fingerprint density at radius 2 is 2.20 bits per heavy atom. The number of nitrogens with one attached hydrogen (secondary N) is 1. The van der Waals surface area contributed by atoms with Gasteiger partial charge in [-0.2, -0.15) is 0 Å². The summed E-state index contributed by atoms with van der Waals surface area (Å²) in [6.45, 7) is 2.09. The normalized spacial score (nSPS) is 23.3. The third-order valence-corrected chi connectivity index (χ3v) is 4.15. The maximum absolute atomic E-state index is 10.8. The second kappa shape index (κ2) is 7.27. The smallest absolute Gasteiger partial charge is 0.303 e. The van der Waals surface area contributed by atoms with E-state index in [0.717, 1.165) is 18.7 Å². The highest BCUT2D eigenvalue weighted by molar-refractivity contribution is 6.42. The first kappa shape index (κ1) is 15.6. The van der Waals surface area contributed by atoms with Crippen LogP contribution in [0.5, 0.6) is 0 Å². The molecule has 1 fully saturated rings. The molecule has 1 aromatic carbocycles. The molecule has 1 aromatic rings. The van der Waals surface area contributed by atoms with Crippen molar-refractivity contribution in [1.82, 2.24) is 5.32 Å². The van der Waals surface area contributed by atoms with Gasteiger partial charge in [-0.25, -0.2) is 0 Å². The molecule has 1 heterocycles. The minimum Gasteiger partial charge on any atom is -0.481 e. The molecular weight excluding hydrogens is 301 g/mol. The molecule has 2 N–H and O–H groups in total. The molecule has 0 aromatic heterocycles. The van der Waals surface area contributed by atoms with Crippen molar-refractivity contribution in [2.24, 2.45) is 5.92 Å². The largest absolute Gasteiger partial charge is 0.481 e. The summed E-state index contributed by atoms with van der Waals surface area (Å²) in [6, 6.07) is 5.43. The van der Waals surface area contributed by atoms with Gasteiger partial charge in [-0.1, -0.05) is 29.3 Å². The van der Waals surface area contributed by atoms with Crippen molar-refractivity contribution in [3.63, 3.8) is 0 Å². The Morgan fingerprint density at radius 1 is 1.40 bits per heavy atom. The van der Waals surface area contributed by atoms with E-state index in [0.29, 0.717) is 23.1 Å². The summed E-state index contributed by atoms with van der Waals surface area (Å²) in [5.41, 5.74) is 0.943. The van der Waals surface area contributed by atoms with Crippen LogP contribution >= 0.6 is 23.2 Å². The Kier molecular flexibility index (Phi) is 5.66. The summed E-state index contributed by atoms with van der Waals surface area (Å²) in [5.74, 6) is -0.687. The Bertz CT molecular complexity index is 481. The average Bonchev–Trinajstić information content (AvgIpc) is 2.65. The number of aliphatic carboxylic acids is 1. The lowest BCUT2D eigenvalue weighted by atomic mass is 9.91. The molecule has 1 aliphatic rings.